The summed E-state index contributed by atoms with van der Waals surface area (Å²) in [7, 11) is 0. The third-order valence-corrected chi connectivity index (χ3v) is 3.22. The lowest BCUT2D eigenvalue weighted by molar-refractivity contribution is -0.142. The minimum atomic E-state index is -0.752. The molecule has 96 valence electrons. The second kappa shape index (κ2) is 5.12. The fourth-order valence-corrected chi connectivity index (χ4v) is 2.05. The largest absolute Gasteiger partial charge is 0.481 e. The van der Waals surface area contributed by atoms with Crippen molar-refractivity contribution < 1.29 is 9.90 Å². The van der Waals surface area contributed by atoms with Gasteiger partial charge < -0.3 is 15.4 Å². The van der Waals surface area contributed by atoms with Crippen LogP contribution in [0.1, 0.15) is 13.8 Å². The second-order valence-corrected chi connectivity index (χ2v) is 4.82. The number of carboxylic acid groups (broad SMARTS) is 1. The van der Waals surface area contributed by atoms with Crippen molar-refractivity contribution in [3.8, 4) is 0 Å². The summed E-state index contributed by atoms with van der Waals surface area (Å²) in [5.74, 6) is -1.02. The predicted molar refractivity (Wildman–Crippen MR) is 72.8 cm³/mol. The molecule has 0 saturated carbocycles. The molecule has 3 N–H and O–H groups in total. The second-order valence-electron chi connectivity index (χ2n) is 4.82. The number of H-pyrrole nitrogens is 1. The lowest BCUT2D eigenvalue weighted by Gasteiger charge is -2.17. The van der Waals surface area contributed by atoms with Gasteiger partial charge in [-0.25, -0.2) is 0 Å². The number of benzene rings is 1. The number of para-hydroxylation sites is 1. The molecule has 2 rings (SSSR count). The number of hydrogen-bond donors (Lipinski definition) is 3. The first-order chi connectivity index (χ1) is 8.59. The van der Waals surface area contributed by atoms with Crippen LogP contribution in [0.5, 0.6) is 0 Å². The van der Waals surface area contributed by atoms with Crippen LogP contribution in [-0.4, -0.2) is 22.6 Å². The average molecular weight is 246 g/mol. The lowest BCUT2D eigenvalue weighted by Crippen LogP contribution is -2.27. The Morgan fingerprint density at radius 1 is 1.39 bits per heavy atom. The maximum atomic E-state index is 11.1. The highest BCUT2D eigenvalue weighted by atomic mass is 16.4. The van der Waals surface area contributed by atoms with Crippen molar-refractivity contribution >= 4 is 22.6 Å². The summed E-state index contributed by atoms with van der Waals surface area (Å²) in [6, 6.07) is 7.95. The summed E-state index contributed by atoms with van der Waals surface area (Å²) >= 11 is 0. The summed E-state index contributed by atoms with van der Waals surface area (Å²) < 4.78 is 0. The van der Waals surface area contributed by atoms with Gasteiger partial charge in [0, 0.05) is 23.6 Å². The van der Waals surface area contributed by atoms with Crippen molar-refractivity contribution in [2.75, 3.05) is 11.9 Å². The summed E-state index contributed by atoms with van der Waals surface area (Å²) in [5.41, 5.74) is 2.01. The molecule has 0 spiro atoms. The van der Waals surface area contributed by atoms with E-state index in [1.807, 2.05) is 44.3 Å². The standard InChI is InChI=1S/C14H18N2O2/c1-9(2)11(14(17)18)7-15-13-8-16-12-6-4-3-5-10(12)13/h3-6,8-9,11,15-16H,7H2,1-2H3,(H,17,18). The van der Waals surface area contributed by atoms with E-state index in [1.165, 1.54) is 0 Å². The van der Waals surface area contributed by atoms with Gasteiger partial charge in [-0.1, -0.05) is 32.0 Å². The summed E-state index contributed by atoms with van der Waals surface area (Å²) in [4.78, 5) is 14.3. The van der Waals surface area contributed by atoms with E-state index in [4.69, 9.17) is 5.11 Å². The normalized spacial score (nSPS) is 12.8. The Labute approximate surface area is 106 Å². The van der Waals surface area contributed by atoms with E-state index < -0.39 is 5.97 Å². The molecule has 1 aromatic heterocycles. The van der Waals surface area contributed by atoms with Crippen molar-refractivity contribution in [3.05, 3.63) is 30.5 Å². The Bertz CT molecular complexity index is 545. The van der Waals surface area contributed by atoms with Crippen LogP contribution in [-0.2, 0) is 4.79 Å². The number of fused-ring (bicyclic) bond motifs is 1. The molecule has 0 saturated heterocycles. The molecule has 0 aliphatic carbocycles. The molecule has 1 aromatic carbocycles. The molecule has 4 heteroatoms. The molecule has 0 fully saturated rings. The quantitative estimate of drug-likeness (QED) is 0.760. The van der Waals surface area contributed by atoms with Gasteiger partial charge in [-0.3, -0.25) is 4.79 Å². The summed E-state index contributed by atoms with van der Waals surface area (Å²) in [6.07, 6.45) is 1.88. The van der Waals surface area contributed by atoms with E-state index in [-0.39, 0.29) is 11.8 Å². The van der Waals surface area contributed by atoms with Crippen molar-refractivity contribution in [1.82, 2.24) is 4.98 Å². The van der Waals surface area contributed by atoms with E-state index in [0.29, 0.717) is 6.54 Å². The fourth-order valence-electron chi connectivity index (χ4n) is 2.05. The average Bonchev–Trinajstić information content (AvgIpc) is 2.72. The van der Waals surface area contributed by atoms with E-state index in [1.54, 1.807) is 0 Å². The highest BCUT2D eigenvalue weighted by Gasteiger charge is 2.21. The third-order valence-electron chi connectivity index (χ3n) is 3.22. The van der Waals surface area contributed by atoms with Gasteiger partial charge in [-0.05, 0) is 12.0 Å². The molecule has 4 nitrogen and oxygen atoms in total. The van der Waals surface area contributed by atoms with Gasteiger partial charge >= 0.3 is 5.97 Å². The molecular weight excluding hydrogens is 228 g/mol. The predicted octanol–water partition coefficient (Wildman–Crippen LogP) is 2.94. The van der Waals surface area contributed by atoms with Crippen LogP contribution in [0.25, 0.3) is 10.9 Å². The number of hydrogen-bond acceptors (Lipinski definition) is 2. The van der Waals surface area contributed by atoms with Crippen molar-refractivity contribution in [2.24, 2.45) is 11.8 Å². The number of nitrogens with one attached hydrogen (secondary N) is 2. The maximum Gasteiger partial charge on any atom is 0.308 e. The van der Waals surface area contributed by atoms with Crippen LogP contribution in [0.4, 0.5) is 5.69 Å². The molecule has 1 unspecified atom stereocenters. The van der Waals surface area contributed by atoms with Gasteiger partial charge in [0.1, 0.15) is 0 Å². The zero-order valence-electron chi connectivity index (χ0n) is 10.6. The van der Waals surface area contributed by atoms with Crippen LogP contribution < -0.4 is 5.32 Å². The van der Waals surface area contributed by atoms with Crippen LogP contribution in [0.15, 0.2) is 30.5 Å². The Balaban J connectivity index is 2.12. The Morgan fingerprint density at radius 2 is 2.11 bits per heavy atom. The molecule has 18 heavy (non-hydrogen) atoms. The number of aliphatic carboxylic acids is 1. The molecule has 1 atom stereocenters. The summed E-state index contributed by atoms with van der Waals surface area (Å²) in [6.45, 7) is 4.29. The van der Waals surface area contributed by atoms with Crippen molar-refractivity contribution in [2.45, 2.75) is 13.8 Å². The van der Waals surface area contributed by atoms with Crippen LogP contribution in [0, 0.1) is 11.8 Å². The molecular formula is C14H18N2O2. The van der Waals surface area contributed by atoms with Gasteiger partial charge in [0.15, 0.2) is 0 Å². The molecule has 0 aliphatic rings. The first-order valence-electron chi connectivity index (χ1n) is 6.12. The SMILES string of the molecule is CC(C)C(CNc1c[nH]c2ccccc12)C(=O)O. The topological polar surface area (TPSA) is 65.1 Å². The molecule has 0 aliphatic heterocycles. The van der Waals surface area contributed by atoms with E-state index >= 15 is 0 Å². The number of anilines is 1. The van der Waals surface area contributed by atoms with E-state index in [0.717, 1.165) is 16.6 Å². The number of aromatic amines is 1. The number of aromatic nitrogens is 1. The maximum absolute atomic E-state index is 11.1. The van der Waals surface area contributed by atoms with Gasteiger partial charge in [0.25, 0.3) is 0 Å². The minimum Gasteiger partial charge on any atom is -0.481 e. The van der Waals surface area contributed by atoms with E-state index in [2.05, 4.69) is 10.3 Å². The molecule has 0 bridgehead atoms. The first kappa shape index (κ1) is 12.5. The van der Waals surface area contributed by atoms with Crippen LogP contribution >= 0.6 is 0 Å². The molecule has 0 amide bonds. The number of rotatable bonds is 5. The number of carboxylic acids is 1. The Kier molecular flexibility index (Phi) is 3.55. The van der Waals surface area contributed by atoms with Crippen LogP contribution in [0.3, 0.4) is 0 Å². The zero-order valence-corrected chi connectivity index (χ0v) is 10.6. The van der Waals surface area contributed by atoms with Crippen molar-refractivity contribution in [3.63, 3.8) is 0 Å². The minimum absolute atomic E-state index is 0.111. The van der Waals surface area contributed by atoms with E-state index in [9.17, 15) is 4.79 Å². The van der Waals surface area contributed by atoms with Gasteiger partial charge in [0.05, 0.1) is 11.6 Å². The van der Waals surface area contributed by atoms with Crippen molar-refractivity contribution in [1.29, 1.82) is 0 Å². The zero-order chi connectivity index (χ0) is 13.1. The lowest BCUT2D eigenvalue weighted by atomic mass is 9.96. The van der Waals surface area contributed by atoms with Gasteiger partial charge in [-0.15, -0.1) is 0 Å². The monoisotopic (exact) mass is 246 g/mol. The first-order valence-corrected chi connectivity index (χ1v) is 6.12. The highest BCUT2D eigenvalue weighted by molar-refractivity contribution is 5.92. The Morgan fingerprint density at radius 3 is 2.78 bits per heavy atom. The smallest absolute Gasteiger partial charge is 0.308 e. The number of carbonyl (C=O) groups is 1. The summed E-state index contributed by atoms with van der Waals surface area (Å²) in [5, 5.41) is 13.4. The fraction of sp³-hybridized carbons (Fsp3) is 0.357. The Hall–Kier alpha value is -1.97. The van der Waals surface area contributed by atoms with Gasteiger partial charge in [0.2, 0.25) is 0 Å². The van der Waals surface area contributed by atoms with Crippen LogP contribution in [0.2, 0.25) is 0 Å². The van der Waals surface area contributed by atoms with Gasteiger partial charge in [-0.2, -0.15) is 0 Å². The third kappa shape index (κ3) is 2.47. The molecule has 0 radical (unpaired) electrons. The highest BCUT2D eigenvalue weighted by Crippen LogP contribution is 2.23. The molecule has 2 aromatic rings. The molecule has 1 heterocycles.